The molecule has 0 aliphatic carbocycles. The van der Waals surface area contributed by atoms with Gasteiger partial charge >= 0.3 is 0 Å². The van der Waals surface area contributed by atoms with E-state index in [4.69, 9.17) is 23.2 Å². The molecule has 86 valence electrons. The molecule has 1 rings (SSSR count). The molecule has 0 amide bonds. The molecule has 0 heterocycles. The predicted octanol–water partition coefficient (Wildman–Crippen LogP) is 4.33. The Morgan fingerprint density at radius 1 is 1.06 bits per heavy atom. The Kier molecular flexibility index (Phi) is 4.60. The van der Waals surface area contributed by atoms with Gasteiger partial charge in [-0.2, -0.15) is 0 Å². The second-order valence-electron chi connectivity index (χ2n) is 3.68. The first kappa shape index (κ1) is 13.3. The number of rotatable bonds is 5. The lowest BCUT2D eigenvalue weighted by molar-refractivity contribution is 0.0430. The fourth-order valence-corrected chi connectivity index (χ4v) is 2.15. The zero-order valence-electron chi connectivity index (χ0n) is 8.92. The molecular formula is C13H14Cl2O. The fourth-order valence-electron chi connectivity index (χ4n) is 1.62. The minimum Gasteiger partial charge on any atom is -0.385 e. The van der Waals surface area contributed by atoms with Crippen molar-refractivity contribution in [2.24, 2.45) is 0 Å². The molecule has 16 heavy (non-hydrogen) atoms. The lowest BCUT2D eigenvalue weighted by Gasteiger charge is -2.26. The molecule has 1 aromatic rings. The maximum Gasteiger partial charge on any atom is 0.0965 e. The molecule has 3 heteroatoms. The second-order valence-corrected chi connectivity index (χ2v) is 4.55. The topological polar surface area (TPSA) is 20.2 Å². The van der Waals surface area contributed by atoms with Gasteiger partial charge in [0.25, 0.3) is 0 Å². The van der Waals surface area contributed by atoms with E-state index in [0.717, 1.165) is 0 Å². The molecule has 0 aliphatic heterocycles. The van der Waals surface area contributed by atoms with Gasteiger partial charge in [0.1, 0.15) is 0 Å². The van der Waals surface area contributed by atoms with Crippen LogP contribution in [0.4, 0.5) is 0 Å². The standard InChI is InChI=1S/C13H14Cl2O/c1-3-5-13(16,6-4-2)10-7-11(14)9-12(15)8-10/h3-4,7-9,16H,1-2,5-6H2. The number of hydrogen-bond donors (Lipinski definition) is 1. The molecule has 1 aromatic carbocycles. The smallest absolute Gasteiger partial charge is 0.0965 e. The van der Waals surface area contributed by atoms with Gasteiger partial charge in [0.15, 0.2) is 0 Å². The van der Waals surface area contributed by atoms with E-state index < -0.39 is 5.60 Å². The molecule has 0 atom stereocenters. The highest BCUT2D eigenvalue weighted by Gasteiger charge is 2.26. The molecule has 0 aliphatic rings. The normalized spacial score (nSPS) is 11.2. The van der Waals surface area contributed by atoms with Crippen molar-refractivity contribution in [2.75, 3.05) is 0 Å². The Morgan fingerprint density at radius 2 is 1.50 bits per heavy atom. The molecule has 1 N–H and O–H groups in total. The van der Waals surface area contributed by atoms with E-state index in [9.17, 15) is 5.11 Å². The van der Waals surface area contributed by atoms with Crippen molar-refractivity contribution >= 4 is 23.2 Å². The van der Waals surface area contributed by atoms with Gasteiger partial charge in [-0.05, 0) is 36.6 Å². The lowest BCUT2D eigenvalue weighted by Crippen LogP contribution is -2.24. The Labute approximate surface area is 106 Å². The monoisotopic (exact) mass is 256 g/mol. The van der Waals surface area contributed by atoms with Crippen molar-refractivity contribution in [3.05, 3.63) is 59.1 Å². The summed E-state index contributed by atoms with van der Waals surface area (Å²) in [6.45, 7) is 7.28. The van der Waals surface area contributed by atoms with E-state index in [1.165, 1.54) is 0 Å². The lowest BCUT2D eigenvalue weighted by atomic mass is 9.87. The summed E-state index contributed by atoms with van der Waals surface area (Å²) < 4.78 is 0. The van der Waals surface area contributed by atoms with Crippen LogP contribution in [0.1, 0.15) is 18.4 Å². The summed E-state index contributed by atoms with van der Waals surface area (Å²) in [6.07, 6.45) is 4.18. The first-order valence-electron chi connectivity index (χ1n) is 4.92. The van der Waals surface area contributed by atoms with E-state index >= 15 is 0 Å². The minimum absolute atomic E-state index is 0.426. The molecule has 0 unspecified atom stereocenters. The zero-order valence-corrected chi connectivity index (χ0v) is 10.4. The Bertz CT molecular complexity index is 369. The average Bonchev–Trinajstić information content (AvgIpc) is 2.16. The second kappa shape index (κ2) is 5.53. The van der Waals surface area contributed by atoms with Crippen LogP contribution < -0.4 is 0 Å². The number of halogens is 2. The van der Waals surface area contributed by atoms with Gasteiger partial charge in [0.05, 0.1) is 5.60 Å². The fraction of sp³-hybridized carbons (Fsp3) is 0.231. The van der Waals surface area contributed by atoms with E-state index in [2.05, 4.69) is 13.2 Å². The van der Waals surface area contributed by atoms with Crippen LogP contribution in [0.5, 0.6) is 0 Å². The first-order valence-corrected chi connectivity index (χ1v) is 5.68. The summed E-state index contributed by atoms with van der Waals surface area (Å²) in [5.41, 5.74) is -0.345. The van der Waals surface area contributed by atoms with Crippen molar-refractivity contribution in [2.45, 2.75) is 18.4 Å². The summed E-state index contributed by atoms with van der Waals surface area (Å²) >= 11 is 11.8. The van der Waals surface area contributed by atoms with Crippen LogP contribution in [-0.2, 0) is 5.60 Å². The van der Waals surface area contributed by atoms with Gasteiger partial charge < -0.3 is 5.11 Å². The van der Waals surface area contributed by atoms with E-state index in [1.807, 2.05) is 0 Å². The van der Waals surface area contributed by atoms with Gasteiger partial charge in [-0.15, -0.1) is 13.2 Å². The van der Waals surface area contributed by atoms with Crippen molar-refractivity contribution in [3.8, 4) is 0 Å². The molecule has 0 spiro atoms. The Hall–Kier alpha value is -0.760. The molecule has 0 saturated heterocycles. The third-order valence-electron chi connectivity index (χ3n) is 2.36. The number of hydrogen-bond acceptors (Lipinski definition) is 1. The van der Waals surface area contributed by atoms with Crippen LogP contribution in [0, 0.1) is 0 Å². The van der Waals surface area contributed by atoms with E-state index in [0.29, 0.717) is 28.5 Å². The third-order valence-corrected chi connectivity index (χ3v) is 2.80. The van der Waals surface area contributed by atoms with Crippen LogP contribution in [0.2, 0.25) is 10.0 Å². The van der Waals surface area contributed by atoms with Crippen LogP contribution >= 0.6 is 23.2 Å². The average molecular weight is 257 g/mol. The molecule has 0 aromatic heterocycles. The highest BCUT2D eigenvalue weighted by molar-refractivity contribution is 6.34. The summed E-state index contributed by atoms with van der Waals surface area (Å²) in [4.78, 5) is 0. The molecule has 0 bridgehead atoms. The van der Waals surface area contributed by atoms with Gasteiger partial charge in [0.2, 0.25) is 0 Å². The first-order chi connectivity index (χ1) is 7.51. The summed E-state index contributed by atoms with van der Waals surface area (Å²) in [7, 11) is 0. The minimum atomic E-state index is -1.03. The van der Waals surface area contributed by atoms with Gasteiger partial charge in [0, 0.05) is 10.0 Å². The summed E-state index contributed by atoms with van der Waals surface area (Å²) in [5, 5.41) is 11.5. The molecule has 0 saturated carbocycles. The third kappa shape index (κ3) is 3.11. The van der Waals surface area contributed by atoms with Gasteiger partial charge in [-0.3, -0.25) is 0 Å². The Morgan fingerprint density at radius 3 is 1.88 bits per heavy atom. The number of benzene rings is 1. The quantitative estimate of drug-likeness (QED) is 0.778. The van der Waals surface area contributed by atoms with Crippen molar-refractivity contribution in [3.63, 3.8) is 0 Å². The summed E-state index contributed by atoms with van der Waals surface area (Å²) in [6, 6.07) is 5.05. The van der Waals surface area contributed by atoms with Crippen LogP contribution in [-0.4, -0.2) is 5.11 Å². The molecule has 1 nitrogen and oxygen atoms in total. The maximum atomic E-state index is 10.5. The maximum absolute atomic E-state index is 10.5. The molecule has 0 fully saturated rings. The zero-order chi connectivity index (χ0) is 12.2. The Balaban J connectivity index is 3.18. The van der Waals surface area contributed by atoms with Crippen molar-refractivity contribution < 1.29 is 5.11 Å². The van der Waals surface area contributed by atoms with E-state index in [1.54, 1.807) is 30.4 Å². The van der Waals surface area contributed by atoms with E-state index in [-0.39, 0.29) is 0 Å². The van der Waals surface area contributed by atoms with Gasteiger partial charge in [-0.25, -0.2) is 0 Å². The van der Waals surface area contributed by atoms with Crippen molar-refractivity contribution in [1.82, 2.24) is 0 Å². The highest BCUT2D eigenvalue weighted by Crippen LogP contribution is 2.33. The van der Waals surface area contributed by atoms with Gasteiger partial charge in [-0.1, -0.05) is 35.4 Å². The number of aliphatic hydroxyl groups is 1. The highest BCUT2D eigenvalue weighted by atomic mass is 35.5. The van der Waals surface area contributed by atoms with Crippen LogP contribution in [0.25, 0.3) is 0 Å². The largest absolute Gasteiger partial charge is 0.385 e. The van der Waals surface area contributed by atoms with Crippen LogP contribution in [0.3, 0.4) is 0 Å². The molecular weight excluding hydrogens is 243 g/mol. The van der Waals surface area contributed by atoms with Crippen LogP contribution in [0.15, 0.2) is 43.5 Å². The predicted molar refractivity (Wildman–Crippen MR) is 70.0 cm³/mol. The molecule has 0 radical (unpaired) electrons. The summed E-state index contributed by atoms with van der Waals surface area (Å²) in [5.74, 6) is 0. The van der Waals surface area contributed by atoms with Crippen molar-refractivity contribution in [1.29, 1.82) is 0 Å². The SMILES string of the molecule is C=CCC(O)(CC=C)c1cc(Cl)cc(Cl)c1.